The van der Waals surface area contributed by atoms with Crippen molar-refractivity contribution in [1.82, 2.24) is 5.32 Å². The average Bonchev–Trinajstić information content (AvgIpc) is 3.36. The van der Waals surface area contributed by atoms with Crippen LogP contribution in [0.3, 0.4) is 0 Å². The highest BCUT2D eigenvalue weighted by atomic mass is 16.7. The molecule has 0 aromatic heterocycles. The van der Waals surface area contributed by atoms with Crippen molar-refractivity contribution in [3.8, 4) is 0 Å². The van der Waals surface area contributed by atoms with E-state index in [2.05, 4.69) is 92.1 Å². The Morgan fingerprint density at radius 3 is 1.31 bits per heavy atom. The van der Waals surface area contributed by atoms with E-state index in [0.717, 1.165) is 77.0 Å². The molecule has 0 aromatic rings. The number of carbonyl (C=O) groups excluding carboxylic acids is 1. The SMILES string of the molecule is CC/C=C\C/C=C\C/C=C\C/C=C\C/C=C\C/C=C\CCCCCCCCCCCCCCCCCCCCC(=O)NC(COC1OC(CO)C(O)C(O)C1O)C(O)/C=C/CCCCCCCCCC. The summed E-state index contributed by atoms with van der Waals surface area (Å²) in [5.74, 6) is -0.179. The first kappa shape index (κ1) is 65.4. The number of amides is 1. The summed E-state index contributed by atoms with van der Waals surface area (Å²) >= 11 is 0. The number of unbranched alkanes of at least 4 members (excludes halogenated alkanes) is 26. The van der Waals surface area contributed by atoms with Crippen molar-refractivity contribution in [2.24, 2.45) is 0 Å². The molecule has 70 heavy (non-hydrogen) atoms. The van der Waals surface area contributed by atoms with E-state index < -0.39 is 49.5 Å². The minimum absolute atomic E-state index is 0.179. The van der Waals surface area contributed by atoms with Gasteiger partial charge in [-0.1, -0.05) is 247 Å². The summed E-state index contributed by atoms with van der Waals surface area (Å²) in [5, 5.41) is 54.3. The van der Waals surface area contributed by atoms with Gasteiger partial charge in [0.2, 0.25) is 5.91 Å². The standard InChI is InChI=1S/C61H107NO8/c1-3-5-7-9-11-13-15-16-17-18-19-20-21-22-23-24-25-26-27-28-29-30-31-32-33-34-35-36-37-38-39-40-41-43-45-47-49-51-57(65)62-54(53-69-61-60(68)59(67)58(66)56(52-63)70-61)55(64)50-48-46-44-42-14-12-10-8-6-4-2/h5,7,11,13,16-17,19-20,22-23,25-26,48,50,54-56,58-61,63-64,66-68H,3-4,6,8-10,12,14-15,18,21,24,27-47,49,51-53H2,1-2H3,(H,62,65)/b7-5-,13-11-,17-16-,20-19-,23-22-,26-25-,50-48+. The summed E-state index contributed by atoms with van der Waals surface area (Å²) in [7, 11) is 0. The third-order valence-corrected chi connectivity index (χ3v) is 13.2. The number of hydrogen-bond donors (Lipinski definition) is 6. The summed E-state index contributed by atoms with van der Waals surface area (Å²) in [5.41, 5.74) is 0. The third-order valence-electron chi connectivity index (χ3n) is 13.2. The number of aliphatic hydroxyl groups is 5. The molecular weight excluding hydrogens is 875 g/mol. The van der Waals surface area contributed by atoms with Crippen LogP contribution in [0.4, 0.5) is 0 Å². The van der Waals surface area contributed by atoms with Crippen LogP contribution in [0.2, 0.25) is 0 Å². The third kappa shape index (κ3) is 39.0. The Bertz CT molecular complexity index is 1370. The lowest BCUT2D eigenvalue weighted by Gasteiger charge is -2.40. The van der Waals surface area contributed by atoms with Crippen molar-refractivity contribution in [1.29, 1.82) is 0 Å². The second-order valence-electron chi connectivity index (χ2n) is 19.7. The number of nitrogens with one attached hydrogen (secondary N) is 1. The Morgan fingerprint density at radius 2 is 0.886 bits per heavy atom. The van der Waals surface area contributed by atoms with Crippen molar-refractivity contribution in [3.05, 3.63) is 85.1 Å². The van der Waals surface area contributed by atoms with E-state index in [1.54, 1.807) is 6.08 Å². The molecule has 6 N–H and O–H groups in total. The fourth-order valence-electron chi connectivity index (χ4n) is 8.69. The van der Waals surface area contributed by atoms with Gasteiger partial charge in [0.1, 0.15) is 24.4 Å². The molecule has 0 bridgehead atoms. The Balaban J connectivity index is 2.07. The number of aliphatic hydroxyl groups excluding tert-OH is 5. The Kier molecular flexibility index (Phi) is 46.6. The van der Waals surface area contributed by atoms with Crippen molar-refractivity contribution >= 4 is 5.91 Å². The predicted octanol–water partition coefficient (Wildman–Crippen LogP) is 14.2. The van der Waals surface area contributed by atoms with E-state index in [9.17, 15) is 30.3 Å². The first-order valence-electron chi connectivity index (χ1n) is 28.8. The van der Waals surface area contributed by atoms with E-state index >= 15 is 0 Å². The number of hydrogen-bond acceptors (Lipinski definition) is 8. The lowest BCUT2D eigenvalue weighted by atomic mass is 9.99. The highest BCUT2D eigenvalue weighted by Gasteiger charge is 2.44. The summed E-state index contributed by atoms with van der Waals surface area (Å²) in [4.78, 5) is 13.0. The van der Waals surface area contributed by atoms with E-state index in [1.165, 1.54) is 141 Å². The van der Waals surface area contributed by atoms with Gasteiger partial charge in [-0.05, 0) is 70.6 Å². The van der Waals surface area contributed by atoms with Gasteiger partial charge >= 0.3 is 0 Å². The van der Waals surface area contributed by atoms with Gasteiger partial charge in [0, 0.05) is 6.42 Å². The van der Waals surface area contributed by atoms with Crippen molar-refractivity contribution in [2.45, 2.75) is 281 Å². The molecule has 7 atom stereocenters. The number of ether oxygens (including phenoxy) is 2. The zero-order chi connectivity index (χ0) is 50.8. The van der Waals surface area contributed by atoms with Gasteiger partial charge in [0.15, 0.2) is 6.29 Å². The van der Waals surface area contributed by atoms with Crippen molar-refractivity contribution in [2.75, 3.05) is 13.2 Å². The summed E-state index contributed by atoms with van der Waals surface area (Å²) in [6.45, 7) is 3.64. The molecule has 9 nitrogen and oxygen atoms in total. The predicted molar refractivity (Wildman–Crippen MR) is 295 cm³/mol. The van der Waals surface area contributed by atoms with E-state index in [0.29, 0.717) is 6.42 Å². The normalized spacial score (nSPS) is 20.0. The van der Waals surface area contributed by atoms with Crippen LogP contribution < -0.4 is 5.32 Å². The lowest BCUT2D eigenvalue weighted by Crippen LogP contribution is -2.60. The molecule has 1 amide bonds. The van der Waals surface area contributed by atoms with Crippen LogP contribution in [0.1, 0.15) is 239 Å². The molecule has 1 aliphatic heterocycles. The van der Waals surface area contributed by atoms with Gasteiger partial charge in [-0.3, -0.25) is 4.79 Å². The highest BCUT2D eigenvalue weighted by Crippen LogP contribution is 2.23. The second kappa shape index (κ2) is 49.9. The van der Waals surface area contributed by atoms with Gasteiger partial charge < -0.3 is 40.3 Å². The largest absolute Gasteiger partial charge is 0.394 e. The maximum absolute atomic E-state index is 13.0. The maximum atomic E-state index is 13.0. The van der Waals surface area contributed by atoms with Crippen molar-refractivity contribution < 1.29 is 39.8 Å². The van der Waals surface area contributed by atoms with E-state index in [4.69, 9.17) is 9.47 Å². The van der Waals surface area contributed by atoms with Crippen LogP contribution in [0.5, 0.6) is 0 Å². The fraction of sp³-hybridized carbons (Fsp3) is 0.754. The van der Waals surface area contributed by atoms with Crippen molar-refractivity contribution in [3.63, 3.8) is 0 Å². The molecule has 0 spiro atoms. The fourth-order valence-corrected chi connectivity index (χ4v) is 8.69. The molecule has 0 aromatic carbocycles. The quantitative estimate of drug-likeness (QED) is 0.0261. The summed E-state index contributed by atoms with van der Waals surface area (Å²) < 4.78 is 11.2. The van der Waals surface area contributed by atoms with Crippen LogP contribution in [0.15, 0.2) is 85.1 Å². The molecule has 1 fully saturated rings. The Hall–Kier alpha value is -2.63. The lowest BCUT2D eigenvalue weighted by molar-refractivity contribution is -0.302. The van der Waals surface area contributed by atoms with Crippen LogP contribution in [-0.4, -0.2) is 87.5 Å². The van der Waals surface area contributed by atoms with E-state index in [1.807, 2.05) is 6.08 Å². The summed E-state index contributed by atoms with van der Waals surface area (Å²) in [6, 6.07) is -0.805. The number of carbonyl (C=O) groups is 1. The first-order valence-corrected chi connectivity index (χ1v) is 28.8. The zero-order valence-corrected chi connectivity index (χ0v) is 44.7. The van der Waals surface area contributed by atoms with Gasteiger partial charge in [0.05, 0.1) is 25.4 Å². The Labute approximate surface area is 429 Å². The molecule has 0 radical (unpaired) electrons. The van der Waals surface area contributed by atoms with Gasteiger partial charge in [-0.15, -0.1) is 0 Å². The average molecular weight is 983 g/mol. The minimum atomic E-state index is -1.57. The monoisotopic (exact) mass is 982 g/mol. The zero-order valence-electron chi connectivity index (χ0n) is 44.7. The molecule has 7 unspecified atom stereocenters. The molecule has 1 saturated heterocycles. The van der Waals surface area contributed by atoms with E-state index in [-0.39, 0.29) is 12.5 Å². The summed E-state index contributed by atoms with van der Waals surface area (Å²) in [6.07, 6.45) is 63.9. The smallest absolute Gasteiger partial charge is 0.220 e. The molecule has 0 aliphatic carbocycles. The Morgan fingerprint density at radius 1 is 0.500 bits per heavy atom. The number of allylic oxidation sites excluding steroid dienone is 13. The van der Waals surface area contributed by atoms with Gasteiger partial charge in [-0.2, -0.15) is 0 Å². The molecule has 1 aliphatic rings. The molecular formula is C61H107NO8. The molecule has 404 valence electrons. The van der Waals surface area contributed by atoms with Crippen LogP contribution in [0.25, 0.3) is 0 Å². The van der Waals surface area contributed by atoms with Crippen LogP contribution in [-0.2, 0) is 14.3 Å². The van der Waals surface area contributed by atoms with Crippen LogP contribution >= 0.6 is 0 Å². The minimum Gasteiger partial charge on any atom is -0.394 e. The first-order chi connectivity index (χ1) is 34.3. The second-order valence-corrected chi connectivity index (χ2v) is 19.7. The number of rotatable bonds is 48. The van der Waals surface area contributed by atoms with Gasteiger partial charge in [-0.25, -0.2) is 0 Å². The topological polar surface area (TPSA) is 149 Å². The molecule has 1 rings (SSSR count). The van der Waals surface area contributed by atoms with Gasteiger partial charge in [0.25, 0.3) is 0 Å². The molecule has 0 saturated carbocycles. The highest BCUT2D eigenvalue weighted by molar-refractivity contribution is 5.76. The molecule has 1 heterocycles. The molecule has 9 heteroatoms. The maximum Gasteiger partial charge on any atom is 0.220 e. The van der Waals surface area contributed by atoms with Crippen LogP contribution in [0, 0.1) is 0 Å².